The quantitative estimate of drug-likeness (QED) is 0.263. The molecule has 0 radical (unpaired) electrons. The Morgan fingerprint density at radius 2 is 1.50 bits per heavy atom. The highest BCUT2D eigenvalue weighted by molar-refractivity contribution is 5.90. The Balaban J connectivity index is 0.950. The van der Waals surface area contributed by atoms with Crippen LogP contribution < -0.4 is 5.32 Å². The molecule has 9 atom stereocenters. The minimum Gasteiger partial charge on any atom is -0.465 e. The third-order valence-electron chi connectivity index (χ3n) is 17.7. The zero-order valence-electron chi connectivity index (χ0n) is 34.5. The van der Waals surface area contributed by atoms with Gasteiger partial charge in [0.05, 0.1) is 12.7 Å². The number of fused-ring (bicyclic) bond motifs is 10. The van der Waals surface area contributed by atoms with Gasteiger partial charge in [0.2, 0.25) is 0 Å². The van der Waals surface area contributed by atoms with Crippen molar-refractivity contribution < 1.29 is 23.5 Å². The van der Waals surface area contributed by atoms with E-state index in [4.69, 9.17) is 9.47 Å². The second-order valence-electron chi connectivity index (χ2n) is 20.0. The molecule has 4 saturated carbocycles. The minimum absolute atomic E-state index is 0.0182. The standard InChI is InChI=1S/C50H60FNO4/c1-30-20-25-50(52-45(54)56-29-37-34-14-10-8-12-32(34)33-13-9-11-15-35(33)37)27-26-48(5)39(43(30)50)18-19-42-47(4)23-21-38(46(2,3)41(47)22-24-49(42,48)6)31-16-17-36(40(51)28-31)44(53)55-7/h8-17,21,28,30,37,39,41-43H,18-20,22-27,29H2,1-7H3,(H,52,54)/t30-,39-,41+,42-,43-,47+,48-,49-,50+/m1/s1. The van der Waals surface area contributed by atoms with E-state index in [1.807, 2.05) is 6.07 Å². The summed E-state index contributed by atoms with van der Waals surface area (Å²) in [6.07, 6.45) is 12.1. The van der Waals surface area contributed by atoms with Gasteiger partial charge in [-0.05, 0) is 155 Å². The molecule has 6 aliphatic rings. The summed E-state index contributed by atoms with van der Waals surface area (Å²) >= 11 is 0. The van der Waals surface area contributed by atoms with E-state index < -0.39 is 11.8 Å². The highest BCUT2D eigenvalue weighted by Crippen LogP contribution is 2.76. The molecule has 6 aliphatic carbocycles. The molecule has 1 N–H and O–H groups in total. The van der Waals surface area contributed by atoms with Crippen LogP contribution in [0.2, 0.25) is 0 Å². The van der Waals surface area contributed by atoms with E-state index in [9.17, 15) is 9.59 Å². The number of hydrogen-bond acceptors (Lipinski definition) is 4. The predicted octanol–water partition coefficient (Wildman–Crippen LogP) is 12.0. The van der Waals surface area contributed by atoms with Gasteiger partial charge in [0.15, 0.2) is 0 Å². The number of halogens is 1. The van der Waals surface area contributed by atoms with Gasteiger partial charge in [0.1, 0.15) is 12.4 Å². The molecule has 0 unspecified atom stereocenters. The first-order chi connectivity index (χ1) is 26.7. The second kappa shape index (κ2) is 13.0. The highest BCUT2D eigenvalue weighted by Gasteiger charge is 2.70. The Hall–Kier alpha value is -3.93. The first-order valence-electron chi connectivity index (χ1n) is 21.4. The number of carbonyl (C=O) groups is 2. The van der Waals surface area contributed by atoms with Gasteiger partial charge in [0, 0.05) is 11.5 Å². The van der Waals surface area contributed by atoms with Gasteiger partial charge in [-0.25, -0.2) is 14.0 Å². The topological polar surface area (TPSA) is 64.6 Å². The summed E-state index contributed by atoms with van der Waals surface area (Å²) in [6.45, 7) is 15.4. The Kier molecular flexibility index (Phi) is 8.77. The number of amides is 1. The maximum absolute atomic E-state index is 15.2. The summed E-state index contributed by atoms with van der Waals surface area (Å²) < 4.78 is 26.3. The number of benzene rings is 3. The summed E-state index contributed by atoms with van der Waals surface area (Å²) in [5.41, 5.74) is 7.10. The fraction of sp³-hybridized carbons (Fsp3) is 0.560. The zero-order valence-corrected chi connectivity index (χ0v) is 34.5. The number of nitrogens with one attached hydrogen (secondary N) is 1. The molecule has 0 bridgehead atoms. The van der Waals surface area contributed by atoms with Gasteiger partial charge in [-0.1, -0.05) is 102 Å². The van der Waals surface area contributed by atoms with E-state index in [0.29, 0.717) is 36.2 Å². The molecule has 9 rings (SSSR count). The molecule has 6 heteroatoms. The Morgan fingerprint density at radius 3 is 2.18 bits per heavy atom. The number of alkyl carbamates (subject to hydrolysis) is 1. The van der Waals surface area contributed by atoms with Crippen molar-refractivity contribution in [3.05, 3.63) is 101 Å². The van der Waals surface area contributed by atoms with Gasteiger partial charge in [-0.15, -0.1) is 0 Å². The van der Waals surface area contributed by atoms with E-state index in [2.05, 4.69) is 101 Å². The van der Waals surface area contributed by atoms with Gasteiger partial charge in [-0.3, -0.25) is 0 Å². The third kappa shape index (κ3) is 5.21. The summed E-state index contributed by atoms with van der Waals surface area (Å²) in [5.74, 6) is 1.44. The molecule has 3 aromatic carbocycles. The molecule has 0 saturated heterocycles. The van der Waals surface area contributed by atoms with Crippen LogP contribution in [0.5, 0.6) is 0 Å². The van der Waals surface area contributed by atoms with E-state index in [0.717, 1.165) is 44.1 Å². The lowest BCUT2D eigenvalue weighted by Gasteiger charge is -2.72. The molecule has 0 spiro atoms. The molecule has 0 aromatic heterocycles. The van der Waals surface area contributed by atoms with Crippen LogP contribution in [0, 0.1) is 57.1 Å². The van der Waals surface area contributed by atoms with Crippen molar-refractivity contribution in [2.45, 2.75) is 111 Å². The van der Waals surface area contributed by atoms with Crippen LogP contribution >= 0.6 is 0 Å². The average molecular weight is 758 g/mol. The van der Waals surface area contributed by atoms with E-state index in [-0.39, 0.29) is 44.8 Å². The summed E-state index contributed by atoms with van der Waals surface area (Å²) in [7, 11) is 1.29. The number of esters is 1. The summed E-state index contributed by atoms with van der Waals surface area (Å²) in [6, 6.07) is 22.1. The van der Waals surface area contributed by atoms with Crippen LogP contribution in [0.3, 0.4) is 0 Å². The lowest BCUT2D eigenvalue weighted by molar-refractivity contribution is -0.219. The fourth-order valence-electron chi connectivity index (χ4n) is 15.1. The first kappa shape index (κ1) is 37.6. The van der Waals surface area contributed by atoms with Gasteiger partial charge in [-0.2, -0.15) is 0 Å². The molecule has 0 heterocycles. The van der Waals surface area contributed by atoms with E-state index >= 15 is 4.39 Å². The smallest absolute Gasteiger partial charge is 0.407 e. The monoisotopic (exact) mass is 757 g/mol. The number of carbonyl (C=O) groups excluding carboxylic acids is 2. The summed E-state index contributed by atoms with van der Waals surface area (Å²) in [4.78, 5) is 26.1. The van der Waals surface area contributed by atoms with Crippen molar-refractivity contribution in [1.82, 2.24) is 5.32 Å². The number of methoxy groups -OCH3 is 1. The van der Waals surface area contributed by atoms with Crippen molar-refractivity contribution in [2.24, 2.45) is 51.2 Å². The lowest BCUT2D eigenvalue weighted by atomic mass is 9.33. The molecule has 0 aliphatic heterocycles. The molecule has 3 aromatic rings. The van der Waals surface area contributed by atoms with Crippen LogP contribution in [0.25, 0.3) is 16.7 Å². The van der Waals surface area contributed by atoms with Crippen LogP contribution in [0.1, 0.15) is 132 Å². The van der Waals surface area contributed by atoms with Crippen molar-refractivity contribution in [3.8, 4) is 11.1 Å². The van der Waals surface area contributed by atoms with Crippen molar-refractivity contribution in [3.63, 3.8) is 0 Å². The fourth-order valence-corrected chi connectivity index (χ4v) is 15.1. The number of ether oxygens (including phenoxy) is 2. The second-order valence-corrected chi connectivity index (χ2v) is 20.0. The van der Waals surface area contributed by atoms with E-state index in [1.165, 1.54) is 60.3 Å². The van der Waals surface area contributed by atoms with Crippen molar-refractivity contribution in [2.75, 3.05) is 13.7 Å². The van der Waals surface area contributed by atoms with Crippen LogP contribution in [-0.4, -0.2) is 31.3 Å². The molecule has 5 nitrogen and oxygen atoms in total. The van der Waals surface area contributed by atoms with Crippen molar-refractivity contribution in [1.29, 1.82) is 0 Å². The Bertz CT molecular complexity index is 2080. The maximum atomic E-state index is 15.2. The Morgan fingerprint density at radius 1 is 0.804 bits per heavy atom. The first-order valence-corrected chi connectivity index (χ1v) is 21.4. The molecule has 296 valence electrons. The SMILES string of the molecule is COC(=O)c1ccc(C2=CC[C@]3(C)[C@H]4CC[C@@H]5[C@H]6[C@H](C)CC[C@]6(NC(=O)OCC6c7ccccc7-c7ccccc76)CC[C@@]5(C)[C@]4(C)CC[C@H]3C2(C)C)cc1F. The largest absolute Gasteiger partial charge is 0.465 e. The van der Waals surface area contributed by atoms with E-state index in [1.54, 1.807) is 6.07 Å². The lowest BCUT2D eigenvalue weighted by Crippen LogP contribution is -2.68. The summed E-state index contributed by atoms with van der Waals surface area (Å²) in [5, 5.41) is 3.61. The van der Waals surface area contributed by atoms with Gasteiger partial charge >= 0.3 is 12.1 Å². The minimum atomic E-state index is -0.644. The average Bonchev–Trinajstić information content (AvgIpc) is 3.67. The zero-order chi connectivity index (χ0) is 39.4. The van der Waals surface area contributed by atoms with Crippen LogP contribution in [-0.2, 0) is 9.47 Å². The molecule has 4 fully saturated rings. The molecular weight excluding hydrogens is 698 g/mol. The molecule has 56 heavy (non-hydrogen) atoms. The molecular formula is C50H60FNO4. The Labute approximate surface area is 333 Å². The van der Waals surface area contributed by atoms with Gasteiger partial charge < -0.3 is 14.8 Å². The third-order valence-corrected chi connectivity index (χ3v) is 17.7. The molecule has 1 amide bonds. The normalized spacial score (nSPS) is 36.4. The van der Waals surface area contributed by atoms with Crippen LogP contribution in [0.15, 0.2) is 72.8 Å². The predicted molar refractivity (Wildman–Crippen MR) is 219 cm³/mol. The highest BCUT2D eigenvalue weighted by atomic mass is 19.1. The van der Waals surface area contributed by atoms with Crippen molar-refractivity contribution >= 4 is 17.6 Å². The maximum Gasteiger partial charge on any atom is 0.407 e. The number of allylic oxidation sites excluding steroid dienone is 2. The number of rotatable bonds is 5. The van der Waals surface area contributed by atoms with Crippen LogP contribution in [0.4, 0.5) is 9.18 Å². The number of hydrogen-bond donors (Lipinski definition) is 1. The van der Waals surface area contributed by atoms with Gasteiger partial charge in [0.25, 0.3) is 0 Å².